The van der Waals surface area contributed by atoms with Crippen molar-refractivity contribution in [2.45, 2.75) is 0 Å². The highest BCUT2D eigenvalue weighted by molar-refractivity contribution is 5.99. The third-order valence-electron chi connectivity index (χ3n) is 3.06. The van der Waals surface area contributed by atoms with E-state index in [1.807, 2.05) is 5.32 Å². The van der Waals surface area contributed by atoms with Crippen LogP contribution in [-0.4, -0.2) is 23.3 Å². The van der Waals surface area contributed by atoms with Crippen LogP contribution in [0.5, 0.6) is 0 Å². The van der Waals surface area contributed by atoms with Crippen molar-refractivity contribution in [3.05, 3.63) is 69.5 Å². The van der Waals surface area contributed by atoms with Gasteiger partial charge in [0.05, 0.1) is 17.2 Å². The molecule has 0 saturated carbocycles. The smallest absolute Gasteiger partial charge is 0.269 e. The Morgan fingerprint density at radius 2 is 1.64 bits per heavy atom. The second-order valence-corrected chi connectivity index (χ2v) is 4.76. The predicted molar refractivity (Wildman–Crippen MR) is 80.4 cm³/mol. The molecule has 0 saturated heterocycles. The SMILES string of the molecule is O=C(CNC(=O)c1ccc([N+](=O)[O-])cc1)Nc1ccc(F)c(F)c1F. The van der Waals surface area contributed by atoms with Crippen LogP contribution < -0.4 is 10.6 Å². The molecule has 0 radical (unpaired) electrons. The standard InChI is InChI=1S/C15H10F3N3O4/c16-10-5-6-11(14(18)13(10)17)20-12(22)7-19-15(23)8-1-3-9(4-2-8)21(24)25/h1-6H,7H2,(H,19,23)(H,20,22). The highest BCUT2D eigenvalue weighted by Crippen LogP contribution is 2.19. The monoisotopic (exact) mass is 353 g/mol. The summed E-state index contributed by atoms with van der Waals surface area (Å²) in [4.78, 5) is 33.3. The fourth-order valence-electron chi connectivity index (χ4n) is 1.81. The van der Waals surface area contributed by atoms with Crippen LogP contribution in [0.4, 0.5) is 24.5 Å². The van der Waals surface area contributed by atoms with Crippen molar-refractivity contribution in [3.8, 4) is 0 Å². The lowest BCUT2D eigenvalue weighted by atomic mass is 10.2. The van der Waals surface area contributed by atoms with Crippen LogP contribution in [0.25, 0.3) is 0 Å². The molecule has 130 valence electrons. The molecule has 0 atom stereocenters. The summed E-state index contributed by atoms with van der Waals surface area (Å²) in [6.45, 7) is -0.575. The van der Waals surface area contributed by atoms with Gasteiger partial charge in [-0.25, -0.2) is 13.2 Å². The fraction of sp³-hybridized carbons (Fsp3) is 0.0667. The molecule has 0 aliphatic heterocycles. The molecule has 10 heteroatoms. The number of nitro groups is 1. The van der Waals surface area contributed by atoms with Gasteiger partial charge in [-0.15, -0.1) is 0 Å². The molecule has 0 aromatic heterocycles. The normalized spacial score (nSPS) is 10.2. The van der Waals surface area contributed by atoms with Crippen molar-refractivity contribution < 1.29 is 27.7 Å². The molecule has 0 spiro atoms. The average molecular weight is 353 g/mol. The minimum absolute atomic E-state index is 0.0670. The summed E-state index contributed by atoms with van der Waals surface area (Å²) in [6, 6.07) is 6.10. The van der Waals surface area contributed by atoms with Gasteiger partial charge in [0.2, 0.25) is 5.91 Å². The largest absolute Gasteiger partial charge is 0.343 e. The van der Waals surface area contributed by atoms with E-state index in [-0.39, 0.29) is 11.3 Å². The summed E-state index contributed by atoms with van der Waals surface area (Å²) < 4.78 is 39.3. The molecule has 2 rings (SSSR count). The van der Waals surface area contributed by atoms with Gasteiger partial charge in [0.1, 0.15) is 0 Å². The minimum Gasteiger partial charge on any atom is -0.343 e. The predicted octanol–water partition coefficient (Wildman–Crippen LogP) is 2.38. The first-order valence-electron chi connectivity index (χ1n) is 6.75. The topological polar surface area (TPSA) is 101 Å². The van der Waals surface area contributed by atoms with E-state index in [2.05, 4.69) is 5.32 Å². The van der Waals surface area contributed by atoms with Gasteiger partial charge < -0.3 is 10.6 Å². The highest BCUT2D eigenvalue weighted by Gasteiger charge is 2.16. The van der Waals surface area contributed by atoms with Gasteiger partial charge in [0.25, 0.3) is 11.6 Å². The number of amides is 2. The van der Waals surface area contributed by atoms with Crippen molar-refractivity contribution in [2.24, 2.45) is 0 Å². The lowest BCUT2D eigenvalue weighted by Gasteiger charge is -2.08. The summed E-state index contributed by atoms with van der Waals surface area (Å²) in [5.41, 5.74) is -0.714. The molecule has 0 heterocycles. The Hall–Kier alpha value is -3.43. The number of halogens is 3. The molecule has 2 N–H and O–H groups in total. The summed E-state index contributed by atoms with van der Waals surface area (Å²) in [5.74, 6) is -6.26. The van der Waals surface area contributed by atoms with E-state index in [1.165, 1.54) is 12.1 Å². The second-order valence-electron chi connectivity index (χ2n) is 4.76. The summed E-state index contributed by atoms with van der Waals surface area (Å²) >= 11 is 0. The van der Waals surface area contributed by atoms with Gasteiger partial charge in [-0.1, -0.05) is 0 Å². The van der Waals surface area contributed by atoms with Crippen molar-refractivity contribution in [2.75, 3.05) is 11.9 Å². The van der Waals surface area contributed by atoms with Crippen LogP contribution in [0.2, 0.25) is 0 Å². The van der Waals surface area contributed by atoms with Crippen LogP contribution in [0.3, 0.4) is 0 Å². The number of carbonyl (C=O) groups excluding carboxylic acids is 2. The van der Waals surface area contributed by atoms with Gasteiger partial charge in [0, 0.05) is 17.7 Å². The zero-order valence-electron chi connectivity index (χ0n) is 12.4. The van der Waals surface area contributed by atoms with Gasteiger partial charge in [-0.2, -0.15) is 0 Å². The number of nitro benzene ring substituents is 1. The molecule has 7 nitrogen and oxygen atoms in total. The molecule has 0 aliphatic rings. The van der Waals surface area contributed by atoms with E-state index < -0.39 is 46.4 Å². The third kappa shape index (κ3) is 4.31. The number of anilines is 1. The average Bonchev–Trinajstić information content (AvgIpc) is 2.60. The van der Waals surface area contributed by atoms with E-state index in [4.69, 9.17) is 0 Å². The number of rotatable bonds is 5. The Morgan fingerprint density at radius 3 is 2.24 bits per heavy atom. The van der Waals surface area contributed by atoms with Crippen molar-refractivity contribution in [3.63, 3.8) is 0 Å². The Kier molecular flexibility index (Phi) is 5.32. The van der Waals surface area contributed by atoms with Crippen LogP contribution >= 0.6 is 0 Å². The number of nitrogens with one attached hydrogen (secondary N) is 2. The minimum atomic E-state index is -1.73. The lowest BCUT2D eigenvalue weighted by Crippen LogP contribution is -2.33. The Balaban J connectivity index is 1.94. The van der Waals surface area contributed by atoms with E-state index in [0.717, 1.165) is 18.2 Å². The summed E-state index contributed by atoms with van der Waals surface area (Å²) in [5, 5.41) is 14.7. The number of non-ortho nitro benzene ring substituents is 1. The molecule has 0 aliphatic carbocycles. The molecular formula is C15H10F3N3O4. The van der Waals surface area contributed by atoms with Crippen LogP contribution in [0, 0.1) is 27.6 Å². The first-order chi connectivity index (χ1) is 11.8. The van der Waals surface area contributed by atoms with Crippen molar-refractivity contribution in [1.29, 1.82) is 0 Å². The molecule has 2 aromatic rings. The quantitative estimate of drug-likeness (QED) is 0.489. The Labute approximate surface area is 138 Å². The fourth-order valence-corrected chi connectivity index (χ4v) is 1.81. The first kappa shape index (κ1) is 17.9. The summed E-state index contributed by atoms with van der Waals surface area (Å²) in [6.07, 6.45) is 0. The lowest BCUT2D eigenvalue weighted by molar-refractivity contribution is -0.384. The molecule has 2 aromatic carbocycles. The van der Waals surface area contributed by atoms with Crippen molar-refractivity contribution in [1.82, 2.24) is 5.32 Å². The van der Waals surface area contributed by atoms with E-state index in [1.54, 1.807) is 0 Å². The zero-order valence-corrected chi connectivity index (χ0v) is 12.4. The molecule has 25 heavy (non-hydrogen) atoms. The van der Waals surface area contributed by atoms with Crippen LogP contribution in [0.15, 0.2) is 36.4 Å². The van der Waals surface area contributed by atoms with Crippen LogP contribution in [0.1, 0.15) is 10.4 Å². The van der Waals surface area contributed by atoms with E-state index >= 15 is 0 Å². The highest BCUT2D eigenvalue weighted by atomic mass is 19.2. The third-order valence-corrected chi connectivity index (χ3v) is 3.06. The number of hydrogen-bond donors (Lipinski definition) is 2. The number of nitrogens with zero attached hydrogens (tertiary/aromatic N) is 1. The van der Waals surface area contributed by atoms with Gasteiger partial charge in [0.15, 0.2) is 17.5 Å². The van der Waals surface area contributed by atoms with Gasteiger partial charge >= 0.3 is 0 Å². The first-order valence-corrected chi connectivity index (χ1v) is 6.75. The molecular weight excluding hydrogens is 343 g/mol. The Bertz CT molecular complexity index is 841. The second kappa shape index (κ2) is 7.43. The maximum Gasteiger partial charge on any atom is 0.269 e. The zero-order chi connectivity index (χ0) is 18.6. The number of benzene rings is 2. The van der Waals surface area contributed by atoms with E-state index in [9.17, 15) is 32.9 Å². The molecule has 2 amide bonds. The number of carbonyl (C=O) groups is 2. The molecule has 0 fully saturated rings. The molecule has 0 bridgehead atoms. The maximum absolute atomic E-state index is 13.4. The van der Waals surface area contributed by atoms with Crippen LogP contribution in [-0.2, 0) is 4.79 Å². The van der Waals surface area contributed by atoms with Crippen molar-refractivity contribution >= 4 is 23.2 Å². The Morgan fingerprint density at radius 1 is 1.00 bits per heavy atom. The van der Waals surface area contributed by atoms with Gasteiger partial charge in [-0.3, -0.25) is 19.7 Å². The maximum atomic E-state index is 13.4. The molecule has 0 unspecified atom stereocenters. The van der Waals surface area contributed by atoms with E-state index in [0.29, 0.717) is 6.07 Å². The summed E-state index contributed by atoms with van der Waals surface area (Å²) in [7, 11) is 0. The number of hydrogen-bond acceptors (Lipinski definition) is 4. The van der Waals surface area contributed by atoms with Gasteiger partial charge in [-0.05, 0) is 24.3 Å².